The Kier molecular flexibility index (Phi) is 7.91. The minimum Gasteiger partial charge on any atom is -0.385 e. The molecule has 1 amide bonds. The third-order valence-corrected chi connectivity index (χ3v) is 2.85. The van der Waals surface area contributed by atoms with Gasteiger partial charge < -0.3 is 25.0 Å². The quantitative estimate of drug-likeness (QED) is 0.551. The average Bonchev–Trinajstić information content (AvgIpc) is 2.35. The zero-order valence-electron chi connectivity index (χ0n) is 11.4. The van der Waals surface area contributed by atoms with E-state index in [0.29, 0.717) is 19.7 Å². The third kappa shape index (κ3) is 6.90. The first-order valence-corrected chi connectivity index (χ1v) is 6.49. The Labute approximate surface area is 109 Å². The molecule has 1 saturated heterocycles. The Bertz CT molecular complexity index is 239. The van der Waals surface area contributed by atoms with Gasteiger partial charge >= 0.3 is 0 Å². The standard InChI is InChI=1S/C12H25N3O3/c1-15-5-7-18-11(10-15)8-13-9-12(16)14-4-3-6-17-2/h11,13H,3-10H2,1-2H3,(H,14,16). The Morgan fingerprint density at radius 1 is 1.56 bits per heavy atom. The summed E-state index contributed by atoms with van der Waals surface area (Å²) in [7, 11) is 3.74. The highest BCUT2D eigenvalue weighted by Crippen LogP contribution is 2.01. The van der Waals surface area contributed by atoms with Crippen LogP contribution < -0.4 is 10.6 Å². The van der Waals surface area contributed by atoms with Gasteiger partial charge in [0.2, 0.25) is 5.91 Å². The summed E-state index contributed by atoms with van der Waals surface area (Å²) in [6.07, 6.45) is 1.03. The van der Waals surface area contributed by atoms with E-state index in [-0.39, 0.29) is 12.0 Å². The molecule has 0 aromatic carbocycles. The molecule has 1 aliphatic rings. The first-order valence-electron chi connectivity index (χ1n) is 6.49. The molecular formula is C12H25N3O3. The van der Waals surface area contributed by atoms with Crippen LogP contribution in [-0.4, -0.2) is 77.0 Å². The number of nitrogens with one attached hydrogen (secondary N) is 2. The molecule has 106 valence electrons. The Balaban J connectivity index is 1.97. The lowest BCUT2D eigenvalue weighted by atomic mass is 10.3. The number of ether oxygens (including phenoxy) is 2. The van der Waals surface area contributed by atoms with Crippen molar-refractivity contribution in [1.82, 2.24) is 15.5 Å². The zero-order valence-corrected chi connectivity index (χ0v) is 11.4. The van der Waals surface area contributed by atoms with Crippen molar-refractivity contribution in [3.05, 3.63) is 0 Å². The highest BCUT2D eigenvalue weighted by Gasteiger charge is 2.17. The van der Waals surface area contributed by atoms with E-state index >= 15 is 0 Å². The van der Waals surface area contributed by atoms with Gasteiger partial charge in [-0.3, -0.25) is 4.79 Å². The Hall–Kier alpha value is -0.690. The van der Waals surface area contributed by atoms with Crippen LogP contribution in [0.25, 0.3) is 0 Å². The van der Waals surface area contributed by atoms with Crippen LogP contribution >= 0.6 is 0 Å². The molecule has 2 N–H and O–H groups in total. The second-order valence-electron chi connectivity index (χ2n) is 4.58. The number of carbonyl (C=O) groups is 1. The van der Waals surface area contributed by atoms with Gasteiger partial charge in [-0.25, -0.2) is 0 Å². The second-order valence-corrected chi connectivity index (χ2v) is 4.58. The van der Waals surface area contributed by atoms with Crippen molar-refractivity contribution in [3.8, 4) is 0 Å². The molecule has 1 fully saturated rings. The minimum absolute atomic E-state index is 0.0234. The monoisotopic (exact) mass is 259 g/mol. The van der Waals surface area contributed by atoms with Crippen molar-refractivity contribution in [1.29, 1.82) is 0 Å². The van der Waals surface area contributed by atoms with Gasteiger partial charge in [0.05, 0.1) is 19.3 Å². The summed E-state index contributed by atoms with van der Waals surface area (Å²) >= 11 is 0. The van der Waals surface area contributed by atoms with E-state index in [1.54, 1.807) is 7.11 Å². The normalized spacial score (nSPS) is 20.9. The van der Waals surface area contributed by atoms with Crippen LogP contribution in [0.5, 0.6) is 0 Å². The number of morpholine rings is 1. The molecule has 18 heavy (non-hydrogen) atoms. The SMILES string of the molecule is COCCCNC(=O)CNCC1CN(C)CCO1. The van der Waals surface area contributed by atoms with Gasteiger partial charge in [-0.15, -0.1) is 0 Å². The van der Waals surface area contributed by atoms with Crippen molar-refractivity contribution < 1.29 is 14.3 Å². The maximum atomic E-state index is 11.4. The molecule has 1 unspecified atom stereocenters. The number of hydrogen-bond acceptors (Lipinski definition) is 5. The van der Waals surface area contributed by atoms with E-state index in [1.165, 1.54) is 0 Å². The molecule has 1 atom stereocenters. The van der Waals surface area contributed by atoms with Crippen molar-refractivity contribution >= 4 is 5.91 Å². The van der Waals surface area contributed by atoms with E-state index in [4.69, 9.17) is 9.47 Å². The van der Waals surface area contributed by atoms with Gasteiger partial charge in [-0.2, -0.15) is 0 Å². The van der Waals surface area contributed by atoms with Gasteiger partial charge in [0.1, 0.15) is 0 Å². The second kappa shape index (κ2) is 9.27. The molecule has 1 aliphatic heterocycles. The van der Waals surface area contributed by atoms with Gasteiger partial charge in [-0.05, 0) is 13.5 Å². The number of amides is 1. The van der Waals surface area contributed by atoms with Gasteiger partial charge in [0, 0.05) is 39.9 Å². The number of nitrogens with zero attached hydrogens (tertiary/aromatic N) is 1. The molecule has 0 aromatic heterocycles. The number of rotatable bonds is 8. The van der Waals surface area contributed by atoms with Crippen molar-refractivity contribution in [2.24, 2.45) is 0 Å². The summed E-state index contributed by atoms with van der Waals surface area (Å²) < 4.78 is 10.5. The first kappa shape index (κ1) is 15.4. The fourth-order valence-corrected chi connectivity index (χ4v) is 1.84. The zero-order chi connectivity index (χ0) is 13.2. The molecular weight excluding hydrogens is 234 g/mol. The molecule has 0 aliphatic carbocycles. The van der Waals surface area contributed by atoms with Crippen LogP contribution in [0.1, 0.15) is 6.42 Å². The maximum absolute atomic E-state index is 11.4. The summed E-state index contributed by atoms with van der Waals surface area (Å²) in [5.74, 6) is 0.0234. The van der Waals surface area contributed by atoms with E-state index in [1.807, 2.05) is 0 Å². The molecule has 0 spiro atoms. The lowest BCUT2D eigenvalue weighted by Crippen LogP contribution is -2.46. The van der Waals surface area contributed by atoms with E-state index in [0.717, 1.165) is 32.7 Å². The van der Waals surface area contributed by atoms with Gasteiger partial charge in [0.15, 0.2) is 0 Å². The number of hydrogen-bond donors (Lipinski definition) is 2. The van der Waals surface area contributed by atoms with Gasteiger partial charge in [-0.1, -0.05) is 0 Å². The Morgan fingerprint density at radius 2 is 2.39 bits per heavy atom. The summed E-state index contributed by atoms with van der Waals surface area (Å²) in [6, 6.07) is 0. The van der Waals surface area contributed by atoms with E-state index < -0.39 is 0 Å². The topological polar surface area (TPSA) is 62.8 Å². The van der Waals surface area contributed by atoms with Crippen molar-refractivity contribution in [3.63, 3.8) is 0 Å². The number of methoxy groups -OCH3 is 1. The summed E-state index contributed by atoms with van der Waals surface area (Å²) in [4.78, 5) is 13.7. The number of carbonyl (C=O) groups excluding carboxylic acids is 1. The van der Waals surface area contributed by atoms with Crippen LogP contribution in [0.3, 0.4) is 0 Å². The molecule has 0 saturated carbocycles. The summed E-state index contributed by atoms with van der Waals surface area (Å²) in [6.45, 7) is 5.07. The largest absolute Gasteiger partial charge is 0.385 e. The molecule has 6 heteroatoms. The van der Waals surface area contributed by atoms with Crippen molar-refractivity contribution in [2.45, 2.75) is 12.5 Å². The number of likely N-dealkylation sites (N-methyl/N-ethyl adjacent to an activating group) is 1. The lowest BCUT2D eigenvalue weighted by molar-refractivity contribution is -0.120. The molecule has 0 radical (unpaired) electrons. The van der Waals surface area contributed by atoms with E-state index in [2.05, 4.69) is 22.6 Å². The molecule has 0 bridgehead atoms. The molecule has 1 rings (SSSR count). The predicted octanol–water partition coefficient (Wildman–Crippen LogP) is -0.941. The van der Waals surface area contributed by atoms with Gasteiger partial charge in [0.25, 0.3) is 0 Å². The van der Waals surface area contributed by atoms with Crippen LogP contribution in [0.15, 0.2) is 0 Å². The van der Waals surface area contributed by atoms with Crippen LogP contribution in [0.4, 0.5) is 0 Å². The fourth-order valence-electron chi connectivity index (χ4n) is 1.84. The molecule has 1 heterocycles. The van der Waals surface area contributed by atoms with E-state index in [9.17, 15) is 4.79 Å². The van der Waals surface area contributed by atoms with Crippen LogP contribution in [0, 0.1) is 0 Å². The molecule has 0 aromatic rings. The van der Waals surface area contributed by atoms with Crippen LogP contribution in [0.2, 0.25) is 0 Å². The molecule has 6 nitrogen and oxygen atoms in total. The average molecular weight is 259 g/mol. The third-order valence-electron chi connectivity index (χ3n) is 2.85. The van der Waals surface area contributed by atoms with Crippen molar-refractivity contribution in [2.75, 3.05) is 60.1 Å². The lowest BCUT2D eigenvalue weighted by Gasteiger charge is -2.30. The minimum atomic E-state index is 0.0234. The van der Waals surface area contributed by atoms with Crippen LogP contribution in [-0.2, 0) is 14.3 Å². The highest BCUT2D eigenvalue weighted by molar-refractivity contribution is 5.77. The fraction of sp³-hybridized carbons (Fsp3) is 0.917. The summed E-state index contributed by atoms with van der Waals surface area (Å²) in [5, 5.41) is 5.95. The highest BCUT2D eigenvalue weighted by atomic mass is 16.5. The smallest absolute Gasteiger partial charge is 0.233 e. The summed E-state index contributed by atoms with van der Waals surface area (Å²) in [5.41, 5.74) is 0. The predicted molar refractivity (Wildman–Crippen MR) is 69.6 cm³/mol. The Morgan fingerprint density at radius 3 is 3.11 bits per heavy atom. The first-order chi connectivity index (χ1) is 8.72. The maximum Gasteiger partial charge on any atom is 0.233 e.